The van der Waals surface area contributed by atoms with Gasteiger partial charge in [-0.2, -0.15) is 0 Å². The molecule has 1 aromatic carbocycles. The van der Waals surface area contributed by atoms with E-state index in [1.165, 1.54) is 0 Å². The highest BCUT2D eigenvalue weighted by atomic mass is 32.1. The summed E-state index contributed by atoms with van der Waals surface area (Å²) in [6.07, 6.45) is 3.30. The van der Waals surface area contributed by atoms with Crippen LogP contribution in [0.5, 0.6) is 0 Å². The molecule has 2 rings (SSSR count). The number of thiazole rings is 1. The minimum Gasteiger partial charge on any atom is -0.299 e. The van der Waals surface area contributed by atoms with E-state index >= 15 is 0 Å². The Morgan fingerprint density at radius 3 is 2.63 bits per heavy atom. The molecule has 0 radical (unpaired) electrons. The van der Waals surface area contributed by atoms with Crippen LogP contribution in [0.2, 0.25) is 0 Å². The highest BCUT2D eigenvalue weighted by molar-refractivity contribution is 7.09. The van der Waals surface area contributed by atoms with Crippen LogP contribution >= 0.6 is 11.3 Å². The molecule has 0 saturated carbocycles. The van der Waals surface area contributed by atoms with Crippen molar-refractivity contribution in [1.82, 2.24) is 4.98 Å². The van der Waals surface area contributed by atoms with Crippen molar-refractivity contribution in [3.8, 4) is 0 Å². The molecule has 0 aliphatic carbocycles. The Kier molecular flexibility index (Phi) is 4.86. The van der Waals surface area contributed by atoms with Crippen LogP contribution in [-0.2, 0) is 11.2 Å². The summed E-state index contributed by atoms with van der Waals surface area (Å²) in [5.41, 5.74) is 2.91. The highest BCUT2D eigenvalue weighted by Gasteiger charge is 2.25. The molecule has 0 spiro atoms. The molecule has 2 atom stereocenters. The summed E-state index contributed by atoms with van der Waals surface area (Å²) < 4.78 is 0. The van der Waals surface area contributed by atoms with Gasteiger partial charge in [0.1, 0.15) is 5.78 Å². The fraction of sp³-hybridized carbons (Fsp3) is 0.375. The number of rotatable bonds is 6. The monoisotopic (exact) mass is 273 g/mol. The normalized spacial score (nSPS) is 14.0. The van der Waals surface area contributed by atoms with E-state index in [0.29, 0.717) is 18.1 Å². The van der Waals surface area contributed by atoms with Crippen LogP contribution in [0.25, 0.3) is 0 Å². The third-order valence-corrected chi connectivity index (χ3v) is 4.33. The summed E-state index contributed by atoms with van der Waals surface area (Å²) >= 11 is 1.55. The molecule has 1 heterocycles. The van der Waals surface area contributed by atoms with Crippen molar-refractivity contribution in [2.24, 2.45) is 5.92 Å². The first kappa shape index (κ1) is 13.9. The van der Waals surface area contributed by atoms with Crippen LogP contribution in [0.3, 0.4) is 0 Å². The first-order chi connectivity index (χ1) is 9.22. The van der Waals surface area contributed by atoms with E-state index < -0.39 is 0 Å². The van der Waals surface area contributed by atoms with Crippen LogP contribution in [0, 0.1) is 5.92 Å². The highest BCUT2D eigenvalue weighted by Crippen LogP contribution is 2.29. The van der Waals surface area contributed by atoms with Crippen LogP contribution in [-0.4, -0.2) is 10.8 Å². The smallest absolute Gasteiger partial charge is 0.145 e. The van der Waals surface area contributed by atoms with Gasteiger partial charge in [-0.25, -0.2) is 0 Å². The standard InChI is InChI=1S/C16H19NOS/c1-3-12(2)16(13-7-5-4-6-8-13)15(18)9-14-10-17-11-19-14/h4-8,10-12,16H,3,9H2,1-2H3. The second-order valence-corrected chi connectivity index (χ2v) is 5.86. The lowest BCUT2D eigenvalue weighted by Crippen LogP contribution is -2.21. The second-order valence-electron chi connectivity index (χ2n) is 4.88. The molecule has 0 fully saturated rings. The Morgan fingerprint density at radius 1 is 1.32 bits per heavy atom. The number of aromatic nitrogens is 1. The van der Waals surface area contributed by atoms with Gasteiger partial charge in [0, 0.05) is 23.4 Å². The fourth-order valence-corrected chi connectivity index (χ4v) is 2.94. The SMILES string of the molecule is CCC(C)C(C(=O)Cc1cncs1)c1ccccc1. The third kappa shape index (κ3) is 3.51. The van der Waals surface area contributed by atoms with Gasteiger partial charge in [0.05, 0.1) is 5.51 Å². The van der Waals surface area contributed by atoms with E-state index in [4.69, 9.17) is 0 Å². The topological polar surface area (TPSA) is 30.0 Å². The molecule has 0 aliphatic heterocycles. The lowest BCUT2D eigenvalue weighted by molar-refractivity contribution is -0.120. The number of ketones is 1. The summed E-state index contributed by atoms with van der Waals surface area (Å²) in [6, 6.07) is 10.1. The van der Waals surface area contributed by atoms with Gasteiger partial charge in [-0.3, -0.25) is 9.78 Å². The van der Waals surface area contributed by atoms with Gasteiger partial charge in [0.25, 0.3) is 0 Å². The molecule has 3 heteroatoms. The zero-order chi connectivity index (χ0) is 13.7. The maximum atomic E-state index is 12.6. The van der Waals surface area contributed by atoms with Crippen LogP contribution in [0.4, 0.5) is 0 Å². The van der Waals surface area contributed by atoms with E-state index in [-0.39, 0.29) is 5.92 Å². The zero-order valence-electron chi connectivity index (χ0n) is 11.4. The largest absolute Gasteiger partial charge is 0.299 e. The number of Topliss-reactive ketones (excluding diaryl/α,β-unsaturated/α-hetero) is 1. The molecule has 1 aromatic heterocycles. The maximum absolute atomic E-state index is 12.6. The molecule has 2 aromatic rings. The van der Waals surface area contributed by atoms with E-state index in [9.17, 15) is 4.79 Å². The van der Waals surface area contributed by atoms with Gasteiger partial charge >= 0.3 is 0 Å². The molecule has 0 bridgehead atoms. The first-order valence-electron chi connectivity index (χ1n) is 6.67. The van der Waals surface area contributed by atoms with Crippen molar-refractivity contribution >= 4 is 17.1 Å². The predicted molar refractivity (Wildman–Crippen MR) is 79.5 cm³/mol. The minimum absolute atomic E-state index is 0.00620. The van der Waals surface area contributed by atoms with Gasteiger partial charge in [-0.05, 0) is 11.5 Å². The molecule has 2 nitrogen and oxygen atoms in total. The quantitative estimate of drug-likeness (QED) is 0.793. The summed E-state index contributed by atoms with van der Waals surface area (Å²) in [7, 11) is 0. The van der Waals surface area contributed by atoms with Crippen molar-refractivity contribution < 1.29 is 4.79 Å². The summed E-state index contributed by atoms with van der Waals surface area (Å²) in [6.45, 7) is 4.29. The number of hydrogen-bond donors (Lipinski definition) is 0. The summed E-state index contributed by atoms with van der Waals surface area (Å²) in [5, 5.41) is 0. The van der Waals surface area contributed by atoms with Crippen molar-refractivity contribution in [3.63, 3.8) is 0 Å². The molecule has 100 valence electrons. The van der Waals surface area contributed by atoms with Crippen LogP contribution in [0.1, 0.15) is 36.6 Å². The molecule has 19 heavy (non-hydrogen) atoms. The average Bonchev–Trinajstić information content (AvgIpc) is 2.93. The Hall–Kier alpha value is -1.48. The number of benzene rings is 1. The van der Waals surface area contributed by atoms with Gasteiger partial charge in [0.2, 0.25) is 0 Å². The molecular formula is C16H19NOS. The lowest BCUT2D eigenvalue weighted by Gasteiger charge is -2.22. The average molecular weight is 273 g/mol. The van der Waals surface area contributed by atoms with Gasteiger partial charge < -0.3 is 0 Å². The second kappa shape index (κ2) is 6.62. The number of carbonyl (C=O) groups is 1. The zero-order valence-corrected chi connectivity index (χ0v) is 12.2. The van der Waals surface area contributed by atoms with Crippen LogP contribution in [0.15, 0.2) is 42.0 Å². The van der Waals surface area contributed by atoms with Crippen molar-refractivity contribution in [1.29, 1.82) is 0 Å². The fourth-order valence-electron chi connectivity index (χ4n) is 2.34. The maximum Gasteiger partial charge on any atom is 0.145 e. The Labute approximate surface area is 118 Å². The van der Waals surface area contributed by atoms with Gasteiger partial charge in [-0.1, -0.05) is 50.6 Å². The number of carbonyl (C=O) groups excluding carboxylic acids is 1. The molecule has 0 amide bonds. The van der Waals surface area contributed by atoms with Crippen molar-refractivity contribution in [2.75, 3.05) is 0 Å². The first-order valence-corrected chi connectivity index (χ1v) is 7.55. The van der Waals surface area contributed by atoms with E-state index in [0.717, 1.165) is 16.9 Å². The number of hydrogen-bond acceptors (Lipinski definition) is 3. The van der Waals surface area contributed by atoms with Crippen molar-refractivity contribution in [3.05, 3.63) is 52.5 Å². The summed E-state index contributed by atoms with van der Waals surface area (Å²) in [5.74, 6) is 0.654. The minimum atomic E-state index is -0.00620. The Bertz CT molecular complexity index is 507. The molecular weight excluding hydrogens is 254 g/mol. The molecule has 2 unspecified atom stereocenters. The van der Waals surface area contributed by atoms with Gasteiger partial charge in [-0.15, -0.1) is 11.3 Å². The van der Waals surface area contributed by atoms with E-state index in [1.54, 1.807) is 23.0 Å². The molecule has 0 aliphatic rings. The Morgan fingerprint density at radius 2 is 2.05 bits per heavy atom. The van der Waals surface area contributed by atoms with Gasteiger partial charge in [0.15, 0.2) is 0 Å². The summed E-state index contributed by atoms with van der Waals surface area (Å²) in [4.78, 5) is 17.7. The molecule has 0 N–H and O–H groups in total. The lowest BCUT2D eigenvalue weighted by atomic mass is 9.81. The number of nitrogens with zero attached hydrogens (tertiary/aromatic N) is 1. The predicted octanol–water partition coefficient (Wildman–Crippen LogP) is 4.08. The van der Waals surface area contributed by atoms with E-state index in [2.05, 4.69) is 31.0 Å². The van der Waals surface area contributed by atoms with E-state index in [1.807, 2.05) is 18.2 Å². The third-order valence-electron chi connectivity index (χ3n) is 3.55. The Balaban J connectivity index is 2.20. The van der Waals surface area contributed by atoms with Crippen molar-refractivity contribution in [2.45, 2.75) is 32.6 Å². The van der Waals surface area contributed by atoms with Crippen LogP contribution < -0.4 is 0 Å². The molecule has 0 saturated heterocycles.